The Labute approximate surface area is 91.4 Å². The van der Waals surface area contributed by atoms with E-state index in [9.17, 15) is 5.26 Å². The molecule has 0 spiro atoms. The van der Waals surface area contributed by atoms with Crippen molar-refractivity contribution in [1.29, 1.82) is 5.26 Å². The summed E-state index contributed by atoms with van der Waals surface area (Å²) in [6.45, 7) is 1.57. The van der Waals surface area contributed by atoms with Crippen LogP contribution in [0.15, 0.2) is 0 Å². The molecule has 15 heavy (non-hydrogen) atoms. The van der Waals surface area contributed by atoms with Crippen LogP contribution >= 0.6 is 0 Å². The summed E-state index contributed by atoms with van der Waals surface area (Å²) in [5, 5.41) is 9.31. The maximum absolute atomic E-state index is 9.31. The van der Waals surface area contributed by atoms with E-state index >= 15 is 0 Å². The second-order valence-corrected chi connectivity index (χ2v) is 4.68. The molecular weight excluding hydrogens is 190 g/mol. The normalized spacial score (nSPS) is 27.1. The number of rotatable bonds is 2. The first-order valence-electron chi connectivity index (χ1n) is 5.99. The predicted molar refractivity (Wildman–Crippen MR) is 56.1 cm³/mol. The average molecular weight is 209 g/mol. The third-order valence-corrected chi connectivity index (χ3v) is 3.50. The van der Waals surface area contributed by atoms with Crippen molar-refractivity contribution >= 4 is 0 Å². The number of nitrogens with zero attached hydrogens (tertiary/aromatic N) is 1. The summed E-state index contributed by atoms with van der Waals surface area (Å²) in [5.74, 6) is 0. The molecule has 2 aliphatic rings. The van der Waals surface area contributed by atoms with E-state index in [1.807, 2.05) is 0 Å². The monoisotopic (exact) mass is 209 g/mol. The number of hydrogen-bond acceptors (Lipinski definition) is 3. The SMILES string of the molecule is N#CC1(CC2OCCCO2)CCCCC1. The van der Waals surface area contributed by atoms with E-state index < -0.39 is 0 Å². The zero-order valence-corrected chi connectivity index (χ0v) is 9.21. The Morgan fingerprint density at radius 2 is 1.73 bits per heavy atom. The second kappa shape index (κ2) is 4.96. The molecule has 3 heteroatoms. The first-order valence-corrected chi connectivity index (χ1v) is 5.99. The van der Waals surface area contributed by atoms with E-state index in [0.29, 0.717) is 0 Å². The van der Waals surface area contributed by atoms with Gasteiger partial charge >= 0.3 is 0 Å². The van der Waals surface area contributed by atoms with E-state index in [1.54, 1.807) is 0 Å². The van der Waals surface area contributed by atoms with Gasteiger partial charge in [-0.2, -0.15) is 5.26 Å². The fraction of sp³-hybridized carbons (Fsp3) is 0.917. The van der Waals surface area contributed by atoms with Crippen LogP contribution in [0.5, 0.6) is 0 Å². The van der Waals surface area contributed by atoms with Crippen LogP contribution in [0.3, 0.4) is 0 Å². The molecule has 1 heterocycles. The Balaban J connectivity index is 1.91. The van der Waals surface area contributed by atoms with Crippen molar-refractivity contribution in [2.75, 3.05) is 13.2 Å². The number of ether oxygens (including phenoxy) is 2. The van der Waals surface area contributed by atoms with E-state index in [0.717, 1.165) is 38.9 Å². The Morgan fingerprint density at radius 3 is 2.33 bits per heavy atom. The van der Waals surface area contributed by atoms with Crippen LogP contribution in [0.4, 0.5) is 0 Å². The molecule has 0 aromatic rings. The maximum atomic E-state index is 9.31. The van der Waals surface area contributed by atoms with Gasteiger partial charge in [0, 0.05) is 6.42 Å². The van der Waals surface area contributed by atoms with Gasteiger partial charge in [0.15, 0.2) is 6.29 Å². The van der Waals surface area contributed by atoms with Gasteiger partial charge in [0.1, 0.15) is 0 Å². The van der Waals surface area contributed by atoms with Gasteiger partial charge in [0.05, 0.1) is 24.7 Å². The van der Waals surface area contributed by atoms with Crippen molar-refractivity contribution in [3.63, 3.8) is 0 Å². The first-order chi connectivity index (χ1) is 7.35. The van der Waals surface area contributed by atoms with Crippen LogP contribution in [-0.4, -0.2) is 19.5 Å². The highest BCUT2D eigenvalue weighted by molar-refractivity contribution is 5.01. The maximum Gasteiger partial charge on any atom is 0.159 e. The van der Waals surface area contributed by atoms with Crippen LogP contribution < -0.4 is 0 Å². The number of hydrogen-bond donors (Lipinski definition) is 0. The summed E-state index contributed by atoms with van der Waals surface area (Å²) in [4.78, 5) is 0. The van der Waals surface area contributed by atoms with Gasteiger partial charge in [-0.3, -0.25) is 0 Å². The molecule has 0 bridgehead atoms. The fourth-order valence-corrected chi connectivity index (χ4v) is 2.56. The third-order valence-electron chi connectivity index (χ3n) is 3.50. The fourth-order valence-electron chi connectivity index (χ4n) is 2.56. The summed E-state index contributed by atoms with van der Waals surface area (Å²) < 4.78 is 11.1. The van der Waals surface area contributed by atoms with Crippen molar-refractivity contribution in [2.24, 2.45) is 5.41 Å². The standard InChI is InChI=1S/C12H19NO2/c13-10-12(5-2-1-3-6-12)9-11-14-7-4-8-15-11/h11H,1-9H2. The Bertz CT molecular complexity index is 234. The molecule has 0 radical (unpaired) electrons. The zero-order chi connectivity index (χ0) is 10.6. The van der Waals surface area contributed by atoms with E-state index in [2.05, 4.69) is 6.07 Å². The van der Waals surface area contributed by atoms with Gasteiger partial charge in [0.2, 0.25) is 0 Å². The van der Waals surface area contributed by atoms with Gasteiger partial charge < -0.3 is 9.47 Å². The molecule has 2 rings (SSSR count). The van der Waals surface area contributed by atoms with Crippen molar-refractivity contribution in [3.05, 3.63) is 0 Å². The topological polar surface area (TPSA) is 42.2 Å². The van der Waals surface area contributed by atoms with Crippen molar-refractivity contribution in [3.8, 4) is 6.07 Å². The van der Waals surface area contributed by atoms with Gasteiger partial charge in [-0.1, -0.05) is 19.3 Å². The molecule has 0 N–H and O–H groups in total. The highest BCUT2D eigenvalue weighted by Crippen LogP contribution is 2.40. The molecule has 0 aromatic carbocycles. The lowest BCUT2D eigenvalue weighted by Crippen LogP contribution is -2.33. The number of nitriles is 1. The van der Waals surface area contributed by atoms with Crippen molar-refractivity contribution in [2.45, 2.75) is 51.2 Å². The molecule has 0 aromatic heterocycles. The molecule has 1 saturated heterocycles. The largest absolute Gasteiger partial charge is 0.353 e. The first kappa shape index (κ1) is 10.9. The van der Waals surface area contributed by atoms with E-state index in [1.165, 1.54) is 19.3 Å². The minimum absolute atomic E-state index is 0.128. The summed E-state index contributed by atoms with van der Waals surface area (Å²) in [6, 6.07) is 2.50. The minimum Gasteiger partial charge on any atom is -0.353 e. The van der Waals surface area contributed by atoms with Crippen molar-refractivity contribution < 1.29 is 9.47 Å². The highest BCUT2D eigenvalue weighted by atomic mass is 16.7. The van der Waals surface area contributed by atoms with Gasteiger partial charge in [0.25, 0.3) is 0 Å². The van der Waals surface area contributed by atoms with Gasteiger partial charge in [-0.15, -0.1) is 0 Å². The molecule has 2 fully saturated rings. The van der Waals surface area contributed by atoms with Gasteiger partial charge in [-0.05, 0) is 19.3 Å². The Kier molecular flexibility index (Phi) is 3.61. The summed E-state index contributed by atoms with van der Waals surface area (Å²) >= 11 is 0. The van der Waals surface area contributed by atoms with Crippen LogP contribution in [0.2, 0.25) is 0 Å². The van der Waals surface area contributed by atoms with Crippen LogP contribution in [-0.2, 0) is 9.47 Å². The summed E-state index contributed by atoms with van der Waals surface area (Å²) in [7, 11) is 0. The highest BCUT2D eigenvalue weighted by Gasteiger charge is 2.35. The minimum atomic E-state index is -0.166. The molecule has 3 nitrogen and oxygen atoms in total. The summed E-state index contributed by atoms with van der Waals surface area (Å²) in [6.07, 6.45) is 7.30. The zero-order valence-electron chi connectivity index (χ0n) is 9.21. The average Bonchev–Trinajstić information content (AvgIpc) is 2.32. The molecule has 0 amide bonds. The summed E-state index contributed by atoms with van der Waals surface area (Å²) in [5.41, 5.74) is -0.166. The van der Waals surface area contributed by atoms with Gasteiger partial charge in [-0.25, -0.2) is 0 Å². The molecule has 0 unspecified atom stereocenters. The smallest absolute Gasteiger partial charge is 0.159 e. The lowest BCUT2D eigenvalue weighted by atomic mass is 9.73. The Morgan fingerprint density at radius 1 is 1.07 bits per heavy atom. The van der Waals surface area contributed by atoms with E-state index in [-0.39, 0.29) is 11.7 Å². The van der Waals surface area contributed by atoms with Crippen LogP contribution in [0.25, 0.3) is 0 Å². The molecule has 84 valence electrons. The lowest BCUT2D eigenvalue weighted by molar-refractivity contribution is -0.192. The van der Waals surface area contributed by atoms with Crippen LogP contribution in [0, 0.1) is 16.7 Å². The molecule has 0 atom stereocenters. The lowest BCUT2D eigenvalue weighted by Gasteiger charge is -2.34. The van der Waals surface area contributed by atoms with Crippen LogP contribution in [0.1, 0.15) is 44.9 Å². The molecule has 1 aliphatic heterocycles. The molecular formula is C12H19NO2. The molecule has 1 aliphatic carbocycles. The van der Waals surface area contributed by atoms with Crippen molar-refractivity contribution in [1.82, 2.24) is 0 Å². The second-order valence-electron chi connectivity index (χ2n) is 4.68. The molecule has 1 saturated carbocycles. The predicted octanol–water partition coefficient (Wildman–Crippen LogP) is 2.61. The quantitative estimate of drug-likeness (QED) is 0.702. The third kappa shape index (κ3) is 2.70. The van der Waals surface area contributed by atoms with E-state index in [4.69, 9.17) is 9.47 Å². The Hall–Kier alpha value is -0.590.